The first-order valence-corrected chi connectivity index (χ1v) is 16.1. The van der Waals surface area contributed by atoms with E-state index in [0.717, 1.165) is 28.8 Å². The van der Waals surface area contributed by atoms with Gasteiger partial charge in [-0.15, -0.1) is 11.3 Å². The van der Waals surface area contributed by atoms with Gasteiger partial charge in [0, 0.05) is 43.3 Å². The van der Waals surface area contributed by atoms with Crippen LogP contribution >= 0.6 is 11.3 Å². The van der Waals surface area contributed by atoms with Crippen LogP contribution in [0.5, 0.6) is 0 Å². The molecule has 240 valence electrons. The van der Waals surface area contributed by atoms with E-state index in [1.165, 1.54) is 23.6 Å². The molecule has 5 rings (SSSR count). The van der Waals surface area contributed by atoms with Crippen molar-refractivity contribution in [3.05, 3.63) is 76.7 Å². The molecule has 1 saturated heterocycles. The summed E-state index contributed by atoms with van der Waals surface area (Å²) in [5.41, 5.74) is 2.34. The Morgan fingerprint density at radius 2 is 2.04 bits per heavy atom. The third-order valence-corrected chi connectivity index (χ3v) is 8.78. The number of hydrogen-bond donors (Lipinski definition) is 3. The maximum Gasteiger partial charge on any atom is 0.268 e. The molecule has 0 spiro atoms. The van der Waals surface area contributed by atoms with Gasteiger partial charge in [-0.3, -0.25) is 14.9 Å². The molecule has 46 heavy (non-hydrogen) atoms. The number of allylic oxidation sites excluding steroid dienone is 1. The van der Waals surface area contributed by atoms with E-state index in [-0.39, 0.29) is 29.3 Å². The average molecular weight is 644 g/mol. The van der Waals surface area contributed by atoms with E-state index in [0.29, 0.717) is 48.1 Å². The van der Waals surface area contributed by atoms with E-state index in [1.54, 1.807) is 43.0 Å². The van der Waals surface area contributed by atoms with Crippen LogP contribution < -0.4 is 10.6 Å². The molecule has 0 saturated carbocycles. The fraction of sp³-hybridized carbons (Fsp3) is 0.382. The Bertz CT molecular complexity index is 1810. The SMILES string of the molecule is CC(C)/C=C(\C#N)C(=O)N1CCC[C@@H]1Cn1c(NC(=O)c2ccc(-c3ccnc(F)c3)s2)nc2cc(CNCC(C)(C)O)ccc21. The number of rotatable bonds is 11. The smallest absolute Gasteiger partial charge is 0.268 e. The lowest BCUT2D eigenvalue weighted by atomic mass is 10.1. The monoisotopic (exact) mass is 643 g/mol. The lowest BCUT2D eigenvalue weighted by Gasteiger charge is -2.26. The zero-order valence-electron chi connectivity index (χ0n) is 26.4. The highest BCUT2D eigenvalue weighted by atomic mass is 32.1. The molecule has 10 nitrogen and oxygen atoms in total. The summed E-state index contributed by atoms with van der Waals surface area (Å²) < 4.78 is 15.6. The predicted molar refractivity (Wildman–Crippen MR) is 176 cm³/mol. The Morgan fingerprint density at radius 1 is 1.24 bits per heavy atom. The van der Waals surface area contributed by atoms with Crippen molar-refractivity contribution in [2.24, 2.45) is 5.92 Å². The van der Waals surface area contributed by atoms with E-state index in [1.807, 2.05) is 36.6 Å². The minimum absolute atomic E-state index is 0.0570. The number of nitrogens with one attached hydrogen (secondary N) is 2. The molecule has 1 fully saturated rings. The molecule has 0 bridgehead atoms. The lowest BCUT2D eigenvalue weighted by molar-refractivity contribution is -0.127. The maximum absolute atomic E-state index is 13.7. The molecule has 0 unspecified atom stereocenters. The number of fused-ring (bicyclic) bond motifs is 1. The number of thiophene rings is 1. The fourth-order valence-corrected chi connectivity index (χ4v) is 6.46. The highest BCUT2D eigenvalue weighted by Gasteiger charge is 2.32. The number of likely N-dealkylation sites (tertiary alicyclic amines) is 1. The number of carbonyl (C=O) groups excluding carboxylic acids is 2. The zero-order valence-corrected chi connectivity index (χ0v) is 27.2. The number of benzene rings is 1. The van der Waals surface area contributed by atoms with Crippen LogP contribution in [0.1, 0.15) is 55.8 Å². The fourth-order valence-electron chi connectivity index (χ4n) is 5.56. The van der Waals surface area contributed by atoms with Crippen molar-refractivity contribution in [3.63, 3.8) is 0 Å². The van der Waals surface area contributed by atoms with E-state index < -0.39 is 11.5 Å². The lowest BCUT2D eigenvalue weighted by Crippen LogP contribution is -2.39. The number of hydrogen-bond acceptors (Lipinski definition) is 8. The first-order valence-electron chi connectivity index (χ1n) is 15.3. The van der Waals surface area contributed by atoms with Crippen LogP contribution in [0.15, 0.2) is 60.3 Å². The molecular formula is C34H38FN7O3S. The van der Waals surface area contributed by atoms with Gasteiger partial charge < -0.3 is 19.9 Å². The number of amides is 2. The number of aliphatic hydroxyl groups is 1. The summed E-state index contributed by atoms with van der Waals surface area (Å²) in [6, 6.07) is 14.2. The molecule has 0 aliphatic carbocycles. The van der Waals surface area contributed by atoms with Crippen molar-refractivity contribution in [1.82, 2.24) is 24.8 Å². The maximum atomic E-state index is 13.7. The number of carbonyl (C=O) groups is 2. The largest absolute Gasteiger partial charge is 0.389 e. The number of nitrogens with zero attached hydrogens (tertiary/aromatic N) is 5. The van der Waals surface area contributed by atoms with Crippen LogP contribution in [0.4, 0.5) is 10.3 Å². The average Bonchev–Trinajstić information content (AvgIpc) is 3.74. The molecule has 1 aliphatic rings. The molecule has 1 aromatic carbocycles. The normalized spacial score (nSPS) is 15.5. The van der Waals surface area contributed by atoms with Crippen molar-refractivity contribution in [1.29, 1.82) is 5.26 Å². The molecule has 4 aromatic rings. The van der Waals surface area contributed by atoms with Gasteiger partial charge in [-0.05, 0) is 74.1 Å². The summed E-state index contributed by atoms with van der Waals surface area (Å²) in [5, 5.41) is 26.0. The van der Waals surface area contributed by atoms with Gasteiger partial charge in [0.05, 0.1) is 27.6 Å². The topological polar surface area (TPSA) is 136 Å². The summed E-state index contributed by atoms with van der Waals surface area (Å²) in [4.78, 5) is 38.2. The van der Waals surface area contributed by atoms with Crippen molar-refractivity contribution in [2.45, 2.75) is 65.3 Å². The Labute approximate surface area is 271 Å². The zero-order chi connectivity index (χ0) is 33.0. The number of aromatic nitrogens is 3. The number of pyridine rings is 1. The first-order chi connectivity index (χ1) is 21.9. The number of nitriles is 1. The van der Waals surface area contributed by atoms with Gasteiger partial charge in [0.15, 0.2) is 0 Å². The van der Waals surface area contributed by atoms with Crippen LogP contribution in [-0.2, 0) is 17.9 Å². The second kappa shape index (κ2) is 13.9. The molecule has 4 heterocycles. The molecule has 12 heteroatoms. The summed E-state index contributed by atoms with van der Waals surface area (Å²) in [6.45, 7) is 9.18. The van der Waals surface area contributed by atoms with Gasteiger partial charge in [0.1, 0.15) is 11.6 Å². The van der Waals surface area contributed by atoms with Crippen molar-refractivity contribution < 1.29 is 19.1 Å². The Hall–Kier alpha value is -4.44. The molecule has 3 aromatic heterocycles. The van der Waals surface area contributed by atoms with Crippen LogP contribution in [-0.4, -0.2) is 61.1 Å². The van der Waals surface area contributed by atoms with Crippen LogP contribution in [0.2, 0.25) is 0 Å². The summed E-state index contributed by atoms with van der Waals surface area (Å²) >= 11 is 1.23. The third-order valence-electron chi connectivity index (χ3n) is 7.65. The van der Waals surface area contributed by atoms with Crippen molar-refractivity contribution >= 4 is 40.1 Å². The standard InChI is InChI=1S/C34H38FN7O3S/c1-21(2)14-24(17-36)32(44)41-13-5-6-25(41)19-42-27-8-7-22(18-37-20-34(3,4)45)15-26(27)39-33(42)40-31(43)29-10-9-28(46-29)23-11-12-38-30(35)16-23/h7-12,14-16,21,25,37,45H,5-6,13,18-20H2,1-4H3,(H,39,40,43)/b24-14+/t25-/m1/s1. The Morgan fingerprint density at radius 3 is 2.76 bits per heavy atom. The van der Waals surface area contributed by atoms with Gasteiger partial charge >= 0.3 is 0 Å². The van der Waals surface area contributed by atoms with Gasteiger partial charge in [-0.1, -0.05) is 26.0 Å². The van der Waals surface area contributed by atoms with Crippen LogP contribution in [0.3, 0.4) is 0 Å². The Kier molecular flexibility index (Phi) is 9.96. The quantitative estimate of drug-likeness (QED) is 0.111. The van der Waals surface area contributed by atoms with E-state index in [2.05, 4.69) is 21.7 Å². The van der Waals surface area contributed by atoms with Crippen LogP contribution in [0, 0.1) is 23.2 Å². The van der Waals surface area contributed by atoms with Gasteiger partial charge in [-0.2, -0.15) is 9.65 Å². The molecule has 3 N–H and O–H groups in total. The van der Waals surface area contributed by atoms with E-state index in [4.69, 9.17) is 4.98 Å². The summed E-state index contributed by atoms with van der Waals surface area (Å²) in [7, 11) is 0. The second-order valence-electron chi connectivity index (χ2n) is 12.5. The summed E-state index contributed by atoms with van der Waals surface area (Å²) in [6.07, 6.45) is 4.62. The number of imidazole rings is 1. The third kappa shape index (κ3) is 7.85. The van der Waals surface area contributed by atoms with E-state index in [9.17, 15) is 24.3 Å². The number of halogens is 1. The molecule has 1 aliphatic heterocycles. The van der Waals surface area contributed by atoms with Gasteiger partial charge in [0.25, 0.3) is 11.8 Å². The molecule has 0 radical (unpaired) electrons. The van der Waals surface area contributed by atoms with Crippen molar-refractivity contribution in [3.8, 4) is 16.5 Å². The Balaban J connectivity index is 1.45. The number of anilines is 1. The van der Waals surface area contributed by atoms with E-state index >= 15 is 0 Å². The van der Waals surface area contributed by atoms with Crippen LogP contribution in [0.25, 0.3) is 21.5 Å². The first kappa shape index (κ1) is 32.9. The molecular weight excluding hydrogens is 605 g/mol. The minimum atomic E-state index is -0.850. The highest BCUT2D eigenvalue weighted by Crippen LogP contribution is 2.30. The highest BCUT2D eigenvalue weighted by molar-refractivity contribution is 7.17. The predicted octanol–water partition coefficient (Wildman–Crippen LogP) is 5.51. The molecule has 1 atom stereocenters. The molecule has 2 amide bonds. The summed E-state index contributed by atoms with van der Waals surface area (Å²) in [5.74, 6) is -0.847. The van der Waals surface area contributed by atoms with Gasteiger partial charge in [0.2, 0.25) is 11.9 Å². The van der Waals surface area contributed by atoms with Gasteiger partial charge in [-0.25, -0.2) is 9.97 Å². The second-order valence-corrected chi connectivity index (χ2v) is 13.6. The minimum Gasteiger partial charge on any atom is -0.389 e. The van der Waals surface area contributed by atoms with Crippen molar-refractivity contribution in [2.75, 3.05) is 18.4 Å².